The van der Waals surface area contributed by atoms with E-state index in [1.165, 1.54) is 6.08 Å². The first-order chi connectivity index (χ1) is 9.55. The summed E-state index contributed by atoms with van der Waals surface area (Å²) in [4.78, 5) is 11.6. The van der Waals surface area contributed by atoms with Gasteiger partial charge < -0.3 is 18.3 Å². The van der Waals surface area contributed by atoms with Crippen LogP contribution in [-0.4, -0.2) is 58.2 Å². The van der Waals surface area contributed by atoms with E-state index in [4.69, 9.17) is 18.3 Å². The number of esters is 1. The smallest absolute Gasteiger partial charge is 0.374 e. The van der Waals surface area contributed by atoms with E-state index in [0.29, 0.717) is 6.42 Å². The number of rotatable bonds is 7. The Labute approximate surface area is 133 Å². The van der Waals surface area contributed by atoms with Crippen molar-refractivity contribution in [3.8, 4) is 0 Å². The van der Waals surface area contributed by atoms with Gasteiger partial charge in [0.2, 0.25) is 0 Å². The summed E-state index contributed by atoms with van der Waals surface area (Å²) >= 11 is 0. The standard InChI is InChI=1S/C14H26O5Si.H4Si/c1-6-12(19-13(15)7-2)14(16-3)10-8-9-11-20(14,17-4)18-5;/h7,12H,2,6,8-11H2,1,3-5H3;1H4. The Bertz CT molecular complexity index is 346. The molecule has 0 radical (unpaired) electrons. The third kappa shape index (κ3) is 3.65. The molecule has 7 heteroatoms. The summed E-state index contributed by atoms with van der Waals surface area (Å²) in [5, 5.41) is -0.665. The fourth-order valence-electron chi connectivity index (χ4n) is 3.27. The Morgan fingerprint density at radius 1 is 1.33 bits per heavy atom. The van der Waals surface area contributed by atoms with Gasteiger partial charge in [-0.25, -0.2) is 4.79 Å². The molecule has 1 rings (SSSR count). The maximum absolute atomic E-state index is 11.6. The van der Waals surface area contributed by atoms with Crippen LogP contribution in [0, 0.1) is 0 Å². The average molecular weight is 335 g/mol. The monoisotopic (exact) mass is 334 g/mol. The van der Waals surface area contributed by atoms with Gasteiger partial charge >= 0.3 is 14.5 Å². The molecular formula is C14H30O5Si2. The third-order valence-corrected chi connectivity index (χ3v) is 8.68. The second-order valence-corrected chi connectivity index (χ2v) is 8.67. The van der Waals surface area contributed by atoms with Crippen molar-refractivity contribution < 1.29 is 23.1 Å². The molecule has 0 spiro atoms. The highest BCUT2D eigenvalue weighted by Gasteiger charge is 2.63. The molecule has 1 heterocycles. The minimum atomic E-state index is -2.61. The van der Waals surface area contributed by atoms with E-state index in [9.17, 15) is 4.79 Å². The number of carbonyl (C=O) groups is 1. The van der Waals surface area contributed by atoms with Crippen molar-refractivity contribution in [1.29, 1.82) is 0 Å². The fourth-order valence-corrected chi connectivity index (χ4v) is 7.30. The van der Waals surface area contributed by atoms with Gasteiger partial charge in [0, 0.05) is 27.4 Å². The van der Waals surface area contributed by atoms with Crippen LogP contribution in [0.2, 0.25) is 6.04 Å². The maximum atomic E-state index is 11.6. The normalized spacial score (nSPS) is 25.5. The second kappa shape index (κ2) is 8.84. The molecule has 0 aromatic rings. The van der Waals surface area contributed by atoms with E-state index in [-0.39, 0.29) is 17.1 Å². The van der Waals surface area contributed by atoms with Gasteiger partial charge in [-0.3, -0.25) is 0 Å². The Morgan fingerprint density at radius 3 is 2.38 bits per heavy atom. The first kappa shape index (κ1) is 20.5. The molecule has 1 saturated heterocycles. The summed E-state index contributed by atoms with van der Waals surface area (Å²) < 4.78 is 23.0. The average Bonchev–Trinajstić information content (AvgIpc) is 2.51. The quantitative estimate of drug-likeness (QED) is 0.393. The Balaban J connectivity index is 0.00000400. The third-order valence-electron chi connectivity index (χ3n) is 4.29. The molecule has 0 amide bonds. The maximum Gasteiger partial charge on any atom is 0.374 e. The highest BCUT2D eigenvalue weighted by Crippen LogP contribution is 2.44. The van der Waals surface area contributed by atoms with Gasteiger partial charge in [0.05, 0.1) is 0 Å². The molecule has 1 fully saturated rings. The molecule has 0 bridgehead atoms. The largest absolute Gasteiger partial charge is 0.456 e. The van der Waals surface area contributed by atoms with Gasteiger partial charge in [0.15, 0.2) is 0 Å². The number of methoxy groups -OCH3 is 1. The molecule has 0 saturated carbocycles. The zero-order chi connectivity index (χ0) is 15.2. The van der Waals surface area contributed by atoms with Crippen molar-refractivity contribution in [3.05, 3.63) is 12.7 Å². The molecule has 2 unspecified atom stereocenters. The van der Waals surface area contributed by atoms with E-state index in [1.54, 1.807) is 21.3 Å². The molecule has 1 aliphatic rings. The van der Waals surface area contributed by atoms with Gasteiger partial charge in [-0.2, -0.15) is 0 Å². The van der Waals surface area contributed by atoms with E-state index < -0.39 is 19.8 Å². The van der Waals surface area contributed by atoms with Crippen molar-refractivity contribution in [2.24, 2.45) is 0 Å². The number of hydrogen-bond donors (Lipinski definition) is 0. The van der Waals surface area contributed by atoms with Gasteiger partial charge in [-0.05, 0) is 29.9 Å². The zero-order valence-electron chi connectivity index (χ0n) is 12.9. The van der Waals surface area contributed by atoms with Crippen molar-refractivity contribution in [2.75, 3.05) is 21.3 Å². The summed E-state index contributed by atoms with van der Waals surface area (Å²) in [6.07, 6.45) is 4.28. The summed E-state index contributed by atoms with van der Waals surface area (Å²) in [5.74, 6) is -0.436. The van der Waals surface area contributed by atoms with Crippen molar-refractivity contribution in [3.63, 3.8) is 0 Å². The van der Waals surface area contributed by atoms with Gasteiger partial charge in [0.25, 0.3) is 0 Å². The van der Waals surface area contributed by atoms with Gasteiger partial charge in [-0.15, -0.1) is 0 Å². The van der Waals surface area contributed by atoms with E-state index in [0.717, 1.165) is 25.3 Å². The van der Waals surface area contributed by atoms with Crippen LogP contribution in [0.4, 0.5) is 0 Å². The van der Waals surface area contributed by atoms with E-state index >= 15 is 0 Å². The molecule has 0 N–H and O–H groups in total. The predicted octanol–water partition coefficient (Wildman–Crippen LogP) is 0.886. The van der Waals surface area contributed by atoms with Crippen molar-refractivity contribution >= 4 is 25.5 Å². The summed E-state index contributed by atoms with van der Waals surface area (Å²) in [7, 11) is 2.37. The minimum absolute atomic E-state index is 0. The number of hydrogen-bond acceptors (Lipinski definition) is 5. The van der Waals surface area contributed by atoms with Crippen LogP contribution in [0.25, 0.3) is 0 Å². The van der Waals surface area contributed by atoms with Crippen LogP contribution in [-0.2, 0) is 23.1 Å². The van der Waals surface area contributed by atoms with E-state index in [1.807, 2.05) is 6.92 Å². The molecule has 1 aliphatic heterocycles. The van der Waals surface area contributed by atoms with Crippen molar-refractivity contribution in [1.82, 2.24) is 0 Å². The molecule has 0 aliphatic carbocycles. The topological polar surface area (TPSA) is 54.0 Å². The van der Waals surface area contributed by atoms with Crippen LogP contribution in [0.3, 0.4) is 0 Å². The lowest BCUT2D eigenvalue weighted by molar-refractivity contribution is -0.160. The molecule has 0 aromatic heterocycles. The Hall–Kier alpha value is -0.476. The Kier molecular flexibility index (Phi) is 8.64. The lowest BCUT2D eigenvalue weighted by Gasteiger charge is -2.50. The molecular weight excluding hydrogens is 304 g/mol. The zero-order valence-corrected chi connectivity index (χ0v) is 13.9. The van der Waals surface area contributed by atoms with Crippen LogP contribution < -0.4 is 0 Å². The second-order valence-electron chi connectivity index (χ2n) is 5.00. The van der Waals surface area contributed by atoms with Gasteiger partial charge in [-0.1, -0.05) is 26.3 Å². The SMILES string of the molecule is C=CC(=O)OC(CC)C1(OC)CCCC[Si]1(OC)OC.[SiH4]. The van der Waals surface area contributed by atoms with Crippen LogP contribution in [0.15, 0.2) is 12.7 Å². The number of carbonyl (C=O) groups excluding carboxylic acids is 1. The molecule has 2 atom stereocenters. The number of ether oxygens (including phenoxy) is 2. The fraction of sp³-hybridized carbons (Fsp3) is 0.786. The van der Waals surface area contributed by atoms with Crippen LogP contribution in [0.1, 0.15) is 32.6 Å². The molecule has 124 valence electrons. The van der Waals surface area contributed by atoms with E-state index in [2.05, 4.69) is 6.58 Å². The summed E-state index contributed by atoms with van der Waals surface area (Å²) in [6, 6.07) is 0.843. The lowest BCUT2D eigenvalue weighted by atomic mass is 10.0. The highest BCUT2D eigenvalue weighted by molar-refractivity contribution is 6.71. The first-order valence-corrected chi connectivity index (χ1v) is 9.06. The summed E-state index contributed by atoms with van der Waals surface area (Å²) in [6.45, 7) is 5.42. The summed E-state index contributed by atoms with van der Waals surface area (Å²) in [5.41, 5.74) is 0. The van der Waals surface area contributed by atoms with Gasteiger partial charge in [0.1, 0.15) is 11.3 Å². The van der Waals surface area contributed by atoms with Crippen molar-refractivity contribution in [2.45, 2.75) is 50.0 Å². The molecule has 21 heavy (non-hydrogen) atoms. The highest BCUT2D eigenvalue weighted by atomic mass is 28.4. The Morgan fingerprint density at radius 2 is 1.95 bits per heavy atom. The molecule has 0 aromatic carbocycles. The lowest BCUT2D eigenvalue weighted by Crippen LogP contribution is -2.70. The first-order valence-electron chi connectivity index (χ1n) is 7.04. The van der Waals surface area contributed by atoms with Crippen LogP contribution in [0.5, 0.6) is 0 Å². The predicted molar refractivity (Wildman–Crippen MR) is 89.9 cm³/mol. The van der Waals surface area contributed by atoms with Crippen LogP contribution >= 0.6 is 0 Å². The minimum Gasteiger partial charge on any atom is -0.456 e. The molecule has 5 nitrogen and oxygen atoms in total.